The topological polar surface area (TPSA) is 54.9 Å². The monoisotopic (exact) mass is 443 g/mol. The van der Waals surface area contributed by atoms with Crippen LogP contribution in [0.2, 0.25) is 5.02 Å². The Bertz CT molecular complexity index is 1050. The lowest BCUT2D eigenvalue weighted by atomic mass is 10.3. The first-order chi connectivity index (χ1) is 14.6. The molecule has 0 radical (unpaired) electrons. The molecule has 0 aliphatic carbocycles. The number of hydrogen-bond donors (Lipinski definition) is 0. The summed E-state index contributed by atoms with van der Waals surface area (Å²) < 4.78 is 12.4. The number of halogens is 1. The number of ether oxygens (including phenoxy) is 2. The standard InChI is InChI=1S/C22H22ClN3O3S/c1-2-13-28-18-5-3-4-6-19(18)29-15-21(27)25-9-11-26(12-10-25)22-24-17-8-7-16(23)14-20(17)30-22/h2-8,14H,1,9-13,15H2. The third-order valence-electron chi connectivity index (χ3n) is 4.80. The highest BCUT2D eigenvalue weighted by atomic mass is 35.5. The highest BCUT2D eigenvalue weighted by molar-refractivity contribution is 7.22. The van der Waals surface area contributed by atoms with Crippen LogP contribution in [0, 0.1) is 0 Å². The van der Waals surface area contributed by atoms with Crippen molar-refractivity contribution < 1.29 is 14.3 Å². The van der Waals surface area contributed by atoms with Crippen molar-refractivity contribution in [1.29, 1.82) is 0 Å². The Balaban J connectivity index is 1.31. The molecule has 0 unspecified atom stereocenters. The van der Waals surface area contributed by atoms with Crippen LogP contribution in [-0.2, 0) is 4.79 Å². The molecule has 2 aromatic carbocycles. The molecule has 0 N–H and O–H groups in total. The van der Waals surface area contributed by atoms with Gasteiger partial charge in [-0.15, -0.1) is 0 Å². The highest BCUT2D eigenvalue weighted by Gasteiger charge is 2.23. The molecule has 6 nitrogen and oxygen atoms in total. The molecule has 30 heavy (non-hydrogen) atoms. The summed E-state index contributed by atoms with van der Waals surface area (Å²) in [5.41, 5.74) is 0.948. The lowest BCUT2D eigenvalue weighted by molar-refractivity contribution is -0.133. The summed E-state index contributed by atoms with van der Waals surface area (Å²) in [5.74, 6) is 1.12. The van der Waals surface area contributed by atoms with Gasteiger partial charge in [0.2, 0.25) is 0 Å². The van der Waals surface area contributed by atoms with Gasteiger partial charge >= 0.3 is 0 Å². The number of amides is 1. The molecule has 2 heterocycles. The second-order valence-electron chi connectivity index (χ2n) is 6.81. The molecule has 1 fully saturated rings. The summed E-state index contributed by atoms with van der Waals surface area (Å²) in [6.45, 7) is 6.74. The Kier molecular flexibility index (Phi) is 6.40. The largest absolute Gasteiger partial charge is 0.486 e. The van der Waals surface area contributed by atoms with Gasteiger partial charge in [0.05, 0.1) is 10.2 Å². The van der Waals surface area contributed by atoms with Crippen molar-refractivity contribution in [3.8, 4) is 11.5 Å². The Morgan fingerprint density at radius 3 is 2.60 bits per heavy atom. The van der Waals surface area contributed by atoms with Crippen molar-refractivity contribution >= 4 is 44.2 Å². The van der Waals surface area contributed by atoms with Gasteiger partial charge in [0.15, 0.2) is 23.2 Å². The maximum absolute atomic E-state index is 12.6. The molecule has 156 valence electrons. The number of piperazine rings is 1. The van der Waals surface area contributed by atoms with Crippen molar-refractivity contribution in [1.82, 2.24) is 9.88 Å². The summed E-state index contributed by atoms with van der Waals surface area (Å²) in [5, 5.41) is 1.67. The van der Waals surface area contributed by atoms with Crippen LogP contribution in [0.4, 0.5) is 5.13 Å². The van der Waals surface area contributed by atoms with E-state index in [1.165, 1.54) is 0 Å². The number of rotatable bonds is 7. The van der Waals surface area contributed by atoms with Gasteiger partial charge in [0, 0.05) is 31.2 Å². The molecule has 8 heteroatoms. The molecule has 0 spiro atoms. The van der Waals surface area contributed by atoms with E-state index in [0.717, 1.165) is 28.4 Å². The van der Waals surface area contributed by atoms with E-state index in [9.17, 15) is 4.79 Å². The number of carbonyl (C=O) groups is 1. The van der Waals surface area contributed by atoms with Gasteiger partial charge in [0.1, 0.15) is 6.61 Å². The average Bonchev–Trinajstić information content (AvgIpc) is 3.20. The van der Waals surface area contributed by atoms with Crippen molar-refractivity contribution in [3.05, 3.63) is 60.1 Å². The minimum Gasteiger partial charge on any atom is -0.486 e. The fourth-order valence-corrected chi connectivity index (χ4v) is 4.53. The van der Waals surface area contributed by atoms with E-state index in [0.29, 0.717) is 36.2 Å². The Morgan fingerprint density at radius 1 is 1.13 bits per heavy atom. The van der Waals surface area contributed by atoms with Crippen molar-refractivity contribution in [2.45, 2.75) is 0 Å². The predicted molar refractivity (Wildman–Crippen MR) is 121 cm³/mol. The molecular formula is C22H22ClN3O3S. The van der Waals surface area contributed by atoms with Gasteiger partial charge in [-0.2, -0.15) is 0 Å². The Morgan fingerprint density at radius 2 is 1.87 bits per heavy atom. The summed E-state index contributed by atoms with van der Waals surface area (Å²) in [6, 6.07) is 13.0. The van der Waals surface area contributed by atoms with Gasteiger partial charge < -0.3 is 19.3 Å². The minimum absolute atomic E-state index is 0.0197. The highest BCUT2D eigenvalue weighted by Crippen LogP contribution is 2.31. The second-order valence-corrected chi connectivity index (χ2v) is 8.26. The van der Waals surface area contributed by atoms with Crippen LogP contribution in [0.15, 0.2) is 55.1 Å². The quantitative estimate of drug-likeness (QED) is 0.511. The molecular weight excluding hydrogens is 422 g/mol. The van der Waals surface area contributed by atoms with Crippen LogP contribution >= 0.6 is 22.9 Å². The first-order valence-electron chi connectivity index (χ1n) is 9.68. The van der Waals surface area contributed by atoms with E-state index in [1.54, 1.807) is 23.5 Å². The van der Waals surface area contributed by atoms with Gasteiger partial charge in [-0.1, -0.05) is 47.7 Å². The molecule has 0 atom stereocenters. The number of carbonyl (C=O) groups excluding carboxylic acids is 1. The van der Waals surface area contributed by atoms with E-state index in [-0.39, 0.29) is 12.5 Å². The van der Waals surface area contributed by atoms with Crippen LogP contribution in [0.25, 0.3) is 10.2 Å². The predicted octanol–water partition coefficient (Wildman–Crippen LogP) is 4.24. The summed E-state index contributed by atoms with van der Waals surface area (Å²) in [6.07, 6.45) is 1.67. The molecule has 0 bridgehead atoms. The maximum Gasteiger partial charge on any atom is 0.260 e. The summed E-state index contributed by atoms with van der Waals surface area (Å²) >= 11 is 7.70. The van der Waals surface area contributed by atoms with Crippen LogP contribution in [0.3, 0.4) is 0 Å². The van der Waals surface area contributed by atoms with E-state index in [1.807, 2.05) is 41.3 Å². The number of thiazole rings is 1. The Hall–Kier alpha value is -2.77. The molecule has 4 rings (SSSR count). The zero-order chi connectivity index (χ0) is 20.9. The maximum atomic E-state index is 12.6. The molecule has 1 saturated heterocycles. The van der Waals surface area contributed by atoms with E-state index >= 15 is 0 Å². The fourth-order valence-electron chi connectivity index (χ4n) is 3.24. The number of nitrogens with zero attached hydrogens (tertiary/aromatic N) is 3. The third-order valence-corrected chi connectivity index (χ3v) is 6.11. The van der Waals surface area contributed by atoms with E-state index in [2.05, 4.69) is 11.5 Å². The second kappa shape index (κ2) is 9.36. The number of fused-ring (bicyclic) bond motifs is 1. The average molecular weight is 444 g/mol. The third kappa shape index (κ3) is 4.68. The SMILES string of the molecule is C=CCOc1ccccc1OCC(=O)N1CCN(c2nc3ccc(Cl)cc3s2)CC1. The number of para-hydroxylation sites is 2. The normalized spacial score (nSPS) is 14.0. The zero-order valence-corrected chi connectivity index (χ0v) is 18.0. The lowest BCUT2D eigenvalue weighted by Crippen LogP contribution is -2.50. The van der Waals surface area contributed by atoms with E-state index in [4.69, 9.17) is 26.1 Å². The van der Waals surface area contributed by atoms with Gasteiger partial charge in [-0.25, -0.2) is 4.98 Å². The summed E-state index contributed by atoms with van der Waals surface area (Å²) in [7, 11) is 0. The smallest absolute Gasteiger partial charge is 0.260 e. The van der Waals surface area contributed by atoms with E-state index < -0.39 is 0 Å². The molecule has 0 saturated carbocycles. The molecule has 1 aliphatic heterocycles. The van der Waals surface area contributed by atoms with Crippen LogP contribution in [0.5, 0.6) is 11.5 Å². The molecule has 3 aromatic rings. The van der Waals surface area contributed by atoms with Crippen LogP contribution in [0.1, 0.15) is 0 Å². The first-order valence-corrected chi connectivity index (χ1v) is 10.9. The molecule has 1 amide bonds. The van der Waals surface area contributed by atoms with Gasteiger partial charge in [0.25, 0.3) is 5.91 Å². The number of hydrogen-bond acceptors (Lipinski definition) is 6. The first kappa shape index (κ1) is 20.5. The van der Waals surface area contributed by atoms with Crippen molar-refractivity contribution in [2.24, 2.45) is 0 Å². The molecule has 1 aromatic heterocycles. The summed E-state index contributed by atoms with van der Waals surface area (Å²) in [4.78, 5) is 21.3. The molecule has 1 aliphatic rings. The van der Waals surface area contributed by atoms with Crippen molar-refractivity contribution in [3.63, 3.8) is 0 Å². The zero-order valence-electron chi connectivity index (χ0n) is 16.4. The van der Waals surface area contributed by atoms with Crippen molar-refractivity contribution in [2.75, 3.05) is 44.3 Å². The Labute approximate surface area is 184 Å². The van der Waals surface area contributed by atoms with Gasteiger partial charge in [-0.3, -0.25) is 4.79 Å². The van der Waals surface area contributed by atoms with Crippen LogP contribution < -0.4 is 14.4 Å². The number of anilines is 1. The minimum atomic E-state index is -0.0377. The van der Waals surface area contributed by atoms with Gasteiger partial charge in [-0.05, 0) is 30.3 Å². The fraction of sp³-hybridized carbons (Fsp3) is 0.273. The lowest BCUT2D eigenvalue weighted by Gasteiger charge is -2.34. The van der Waals surface area contributed by atoms with Crippen LogP contribution in [-0.4, -0.2) is 55.2 Å². The number of aromatic nitrogens is 1. The number of benzene rings is 2.